The molecular formula is C18H18BrN3O3. The minimum absolute atomic E-state index is 0.0465. The van der Waals surface area contributed by atoms with Gasteiger partial charge in [0.2, 0.25) is 0 Å². The molecule has 2 aromatic carbocycles. The van der Waals surface area contributed by atoms with Crippen molar-refractivity contribution in [3.05, 3.63) is 68.7 Å². The minimum Gasteiger partial charge on any atom is -0.369 e. The molecule has 0 saturated carbocycles. The van der Waals surface area contributed by atoms with Crippen LogP contribution in [0.25, 0.3) is 0 Å². The van der Waals surface area contributed by atoms with Gasteiger partial charge in [-0.25, -0.2) is 0 Å². The standard InChI is InChI=1S/C18H18BrN3O3/c19-16-13-15(22(24)25)7-8-17(16)20-9-4-10-21(12-11-20)18(23)14-5-2-1-3-6-14/h1-3,5-8,13H,4,9-12H2. The van der Waals surface area contributed by atoms with Crippen LogP contribution in [0.2, 0.25) is 0 Å². The molecule has 0 spiro atoms. The van der Waals surface area contributed by atoms with Crippen LogP contribution in [0.4, 0.5) is 11.4 Å². The van der Waals surface area contributed by atoms with Crippen LogP contribution in [0.5, 0.6) is 0 Å². The lowest BCUT2D eigenvalue weighted by molar-refractivity contribution is -0.384. The molecule has 1 fully saturated rings. The van der Waals surface area contributed by atoms with Gasteiger partial charge >= 0.3 is 0 Å². The number of nitro groups is 1. The lowest BCUT2D eigenvalue weighted by Crippen LogP contribution is -2.35. The number of non-ortho nitro benzene ring substituents is 1. The van der Waals surface area contributed by atoms with Crippen molar-refractivity contribution in [1.82, 2.24) is 4.90 Å². The van der Waals surface area contributed by atoms with Crippen LogP contribution in [0.3, 0.4) is 0 Å². The molecule has 6 nitrogen and oxygen atoms in total. The fraction of sp³-hybridized carbons (Fsp3) is 0.278. The van der Waals surface area contributed by atoms with E-state index < -0.39 is 4.92 Å². The number of hydrogen-bond acceptors (Lipinski definition) is 4. The highest BCUT2D eigenvalue weighted by molar-refractivity contribution is 9.10. The Morgan fingerprint density at radius 3 is 2.48 bits per heavy atom. The predicted molar refractivity (Wildman–Crippen MR) is 100.0 cm³/mol. The topological polar surface area (TPSA) is 66.7 Å². The number of carbonyl (C=O) groups is 1. The molecule has 2 aromatic rings. The monoisotopic (exact) mass is 403 g/mol. The molecule has 0 unspecified atom stereocenters. The number of nitro benzene ring substituents is 1. The maximum atomic E-state index is 12.6. The zero-order valence-corrected chi connectivity index (χ0v) is 15.2. The third-order valence-corrected chi connectivity index (χ3v) is 4.92. The fourth-order valence-corrected chi connectivity index (χ4v) is 3.61. The normalized spacial score (nSPS) is 14.9. The summed E-state index contributed by atoms with van der Waals surface area (Å²) in [6.07, 6.45) is 0.849. The molecule has 0 atom stereocenters. The third kappa shape index (κ3) is 3.99. The van der Waals surface area contributed by atoms with Crippen molar-refractivity contribution in [1.29, 1.82) is 0 Å². The van der Waals surface area contributed by atoms with E-state index in [0.29, 0.717) is 29.7 Å². The van der Waals surface area contributed by atoms with Crippen LogP contribution < -0.4 is 4.90 Å². The number of rotatable bonds is 3. The summed E-state index contributed by atoms with van der Waals surface area (Å²) in [7, 11) is 0. The fourth-order valence-electron chi connectivity index (χ4n) is 2.99. The third-order valence-electron chi connectivity index (χ3n) is 4.29. The van der Waals surface area contributed by atoms with E-state index in [1.807, 2.05) is 35.2 Å². The Balaban J connectivity index is 1.72. The first kappa shape index (κ1) is 17.4. The second-order valence-corrected chi connectivity index (χ2v) is 6.75. The Hall–Kier alpha value is -2.41. The molecule has 130 valence electrons. The van der Waals surface area contributed by atoms with Crippen molar-refractivity contribution in [2.75, 3.05) is 31.1 Å². The summed E-state index contributed by atoms with van der Waals surface area (Å²) in [5.74, 6) is 0.0465. The van der Waals surface area contributed by atoms with Gasteiger partial charge in [0.15, 0.2) is 0 Å². The molecule has 0 aromatic heterocycles. The van der Waals surface area contributed by atoms with E-state index in [1.54, 1.807) is 6.07 Å². The van der Waals surface area contributed by atoms with E-state index in [-0.39, 0.29) is 11.6 Å². The van der Waals surface area contributed by atoms with Crippen LogP contribution >= 0.6 is 15.9 Å². The molecule has 3 rings (SSSR count). The molecule has 0 radical (unpaired) electrons. The smallest absolute Gasteiger partial charge is 0.270 e. The van der Waals surface area contributed by atoms with Gasteiger partial charge in [0.05, 0.1) is 10.6 Å². The number of benzene rings is 2. The van der Waals surface area contributed by atoms with E-state index in [2.05, 4.69) is 20.8 Å². The van der Waals surface area contributed by atoms with Gasteiger partial charge in [0, 0.05) is 48.3 Å². The minimum atomic E-state index is -0.406. The Bertz CT molecular complexity index is 782. The lowest BCUT2D eigenvalue weighted by Gasteiger charge is -2.24. The number of nitrogens with zero attached hydrogens (tertiary/aromatic N) is 3. The lowest BCUT2D eigenvalue weighted by atomic mass is 10.2. The number of carbonyl (C=O) groups excluding carboxylic acids is 1. The molecular weight excluding hydrogens is 386 g/mol. The largest absolute Gasteiger partial charge is 0.369 e. The first-order valence-corrected chi connectivity index (χ1v) is 8.89. The van der Waals surface area contributed by atoms with Crippen LogP contribution in [-0.4, -0.2) is 41.9 Å². The van der Waals surface area contributed by atoms with Gasteiger partial charge in [-0.2, -0.15) is 0 Å². The summed E-state index contributed by atoms with van der Waals surface area (Å²) < 4.78 is 0.699. The summed E-state index contributed by atoms with van der Waals surface area (Å²) in [5.41, 5.74) is 1.68. The quantitative estimate of drug-likeness (QED) is 0.578. The maximum absolute atomic E-state index is 12.6. The van der Waals surface area contributed by atoms with Crippen molar-refractivity contribution in [3.8, 4) is 0 Å². The number of anilines is 1. The van der Waals surface area contributed by atoms with E-state index in [1.165, 1.54) is 12.1 Å². The summed E-state index contributed by atoms with van der Waals surface area (Å²) in [5, 5.41) is 10.9. The molecule has 1 heterocycles. The van der Waals surface area contributed by atoms with Crippen molar-refractivity contribution >= 4 is 33.2 Å². The van der Waals surface area contributed by atoms with Crippen LogP contribution in [0, 0.1) is 10.1 Å². The number of amides is 1. The summed E-state index contributed by atoms with van der Waals surface area (Å²) >= 11 is 3.43. The number of halogens is 1. The predicted octanol–water partition coefficient (Wildman–Crippen LogP) is 3.71. The van der Waals surface area contributed by atoms with E-state index in [0.717, 1.165) is 18.7 Å². The molecule has 0 aliphatic carbocycles. The first-order chi connectivity index (χ1) is 12.1. The summed E-state index contributed by atoms with van der Waals surface area (Å²) in [6, 6.07) is 14.1. The van der Waals surface area contributed by atoms with Crippen LogP contribution in [-0.2, 0) is 0 Å². The van der Waals surface area contributed by atoms with Gasteiger partial charge < -0.3 is 9.80 Å². The molecule has 1 amide bonds. The van der Waals surface area contributed by atoms with Gasteiger partial charge in [-0.15, -0.1) is 0 Å². The van der Waals surface area contributed by atoms with E-state index >= 15 is 0 Å². The average molecular weight is 404 g/mol. The van der Waals surface area contributed by atoms with Crippen LogP contribution in [0.15, 0.2) is 53.0 Å². The van der Waals surface area contributed by atoms with Gasteiger partial charge in [-0.05, 0) is 40.5 Å². The zero-order chi connectivity index (χ0) is 17.8. The maximum Gasteiger partial charge on any atom is 0.270 e. The highest BCUT2D eigenvalue weighted by atomic mass is 79.9. The molecule has 25 heavy (non-hydrogen) atoms. The SMILES string of the molecule is O=C(c1ccccc1)N1CCCN(c2ccc([N+](=O)[O-])cc2Br)CC1. The Kier molecular flexibility index (Phi) is 5.33. The van der Waals surface area contributed by atoms with Gasteiger partial charge in [0.1, 0.15) is 0 Å². The van der Waals surface area contributed by atoms with Crippen molar-refractivity contribution in [3.63, 3.8) is 0 Å². The van der Waals surface area contributed by atoms with Crippen LogP contribution in [0.1, 0.15) is 16.8 Å². The molecule has 0 bridgehead atoms. The zero-order valence-electron chi connectivity index (χ0n) is 13.6. The van der Waals surface area contributed by atoms with Crippen molar-refractivity contribution in [2.24, 2.45) is 0 Å². The second-order valence-electron chi connectivity index (χ2n) is 5.89. The Morgan fingerprint density at radius 2 is 1.80 bits per heavy atom. The summed E-state index contributed by atoms with van der Waals surface area (Å²) in [4.78, 5) is 27.1. The first-order valence-electron chi connectivity index (χ1n) is 8.09. The van der Waals surface area contributed by atoms with Crippen molar-refractivity contribution in [2.45, 2.75) is 6.42 Å². The van der Waals surface area contributed by atoms with E-state index in [9.17, 15) is 14.9 Å². The van der Waals surface area contributed by atoms with Gasteiger partial charge in [-0.1, -0.05) is 18.2 Å². The highest BCUT2D eigenvalue weighted by Crippen LogP contribution is 2.30. The number of hydrogen-bond donors (Lipinski definition) is 0. The second kappa shape index (κ2) is 7.65. The molecule has 7 heteroatoms. The molecule has 1 saturated heterocycles. The van der Waals surface area contributed by atoms with Crippen molar-refractivity contribution < 1.29 is 9.72 Å². The highest BCUT2D eigenvalue weighted by Gasteiger charge is 2.22. The average Bonchev–Trinajstić information content (AvgIpc) is 2.87. The van der Waals surface area contributed by atoms with E-state index in [4.69, 9.17) is 0 Å². The van der Waals surface area contributed by atoms with Gasteiger partial charge in [-0.3, -0.25) is 14.9 Å². The Morgan fingerprint density at radius 1 is 1.04 bits per heavy atom. The molecule has 1 aliphatic heterocycles. The molecule has 0 N–H and O–H groups in total. The summed E-state index contributed by atoms with van der Waals surface area (Å²) in [6.45, 7) is 2.82. The molecule has 1 aliphatic rings. The van der Waals surface area contributed by atoms with Gasteiger partial charge in [0.25, 0.3) is 11.6 Å². The Labute approximate surface area is 154 Å².